The second kappa shape index (κ2) is 7.55. The maximum Gasteiger partial charge on any atom is 0.187 e. The van der Waals surface area contributed by atoms with Crippen molar-refractivity contribution in [3.05, 3.63) is 76.5 Å². The van der Waals surface area contributed by atoms with E-state index in [4.69, 9.17) is 0 Å². The summed E-state index contributed by atoms with van der Waals surface area (Å²) >= 11 is 1.56. The fourth-order valence-corrected chi connectivity index (χ4v) is 3.13. The van der Waals surface area contributed by atoms with E-state index in [9.17, 15) is 4.39 Å². The first-order chi connectivity index (χ1) is 11.6. The summed E-state index contributed by atoms with van der Waals surface area (Å²) in [5.74, 6) is -0.183. The van der Waals surface area contributed by atoms with Crippen molar-refractivity contribution in [2.75, 3.05) is 5.32 Å². The highest BCUT2D eigenvalue weighted by molar-refractivity contribution is 7.13. The number of nitrogens with one attached hydrogen (secondary N) is 2. The number of hydrogen-bond acceptors (Lipinski definition) is 4. The second-order valence-corrected chi connectivity index (χ2v) is 6.62. The second-order valence-electron chi connectivity index (χ2n) is 5.76. The molecule has 0 saturated heterocycles. The Morgan fingerprint density at radius 3 is 2.62 bits per heavy atom. The van der Waals surface area contributed by atoms with Crippen LogP contribution < -0.4 is 10.6 Å². The molecule has 124 valence electrons. The number of aromatic nitrogens is 1. The fourth-order valence-electron chi connectivity index (χ4n) is 2.40. The molecule has 2 N–H and O–H groups in total. The Morgan fingerprint density at radius 1 is 1.12 bits per heavy atom. The van der Waals surface area contributed by atoms with E-state index in [0.29, 0.717) is 12.1 Å². The Balaban J connectivity index is 1.58. The van der Waals surface area contributed by atoms with Crippen LogP contribution in [0.2, 0.25) is 0 Å². The van der Waals surface area contributed by atoms with Crippen LogP contribution in [0.3, 0.4) is 0 Å². The lowest BCUT2D eigenvalue weighted by molar-refractivity contribution is 0.525. The van der Waals surface area contributed by atoms with Crippen LogP contribution in [0.15, 0.2) is 53.9 Å². The molecule has 24 heavy (non-hydrogen) atoms. The summed E-state index contributed by atoms with van der Waals surface area (Å²) in [6.45, 7) is 4.62. The summed E-state index contributed by atoms with van der Waals surface area (Å²) in [7, 11) is 0. The standard InChI is InChI=1S/C19H20FN3S/c1-13-7-9-15(10-8-13)22-19-23-16(12-24-19)11-21-14(2)17-5-3-4-6-18(17)20/h3-10,12,14,21H,11H2,1-2H3,(H,22,23)/t14-/m0/s1. The van der Waals surface area contributed by atoms with Gasteiger partial charge < -0.3 is 10.6 Å². The zero-order chi connectivity index (χ0) is 16.9. The smallest absolute Gasteiger partial charge is 0.187 e. The van der Waals surface area contributed by atoms with Gasteiger partial charge >= 0.3 is 0 Å². The Hall–Kier alpha value is -2.24. The number of nitrogens with zero attached hydrogens (tertiary/aromatic N) is 1. The van der Waals surface area contributed by atoms with Gasteiger partial charge in [0.05, 0.1) is 5.69 Å². The molecule has 3 rings (SSSR count). The molecule has 0 aliphatic heterocycles. The average Bonchev–Trinajstić information content (AvgIpc) is 3.03. The van der Waals surface area contributed by atoms with E-state index in [-0.39, 0.29) is 11.9 Å². The molecule has 0 bridgehead atoms. The number of benzene rings is 2. The van der Waals surface area contributed by atoms with Crippen LogP contribution in [0.1, 0.15) is 29.8 Å². The number of thiazole rings is 1. The minimum Gasteiger partial charge on any atom is -0.332 e. The molecule has 0 saturated carbocycles. The van der Waals surface area contributed by atoms with Crippen molar-refractivity contribution >= 4 is 22.2 Å². The number of rotatable bonds is 6. The molecular formula is C19H20FN3S. The zero-order valence-corrected chi connectivity index (χ0v) is 14.5. The highest BCUT2D eigenvalue weighted by atomic mass is 32.1. The summed E-state index contributed by atoms with van der Waals surface area (Å²) in [4.78, 5) is 4.57. The zero-order valence-electron chi connectivity index (χ0n) is 13.7. The maximum atomic E-state index is 13.8. The van der Waals surface area contributed by atoms with Gasteiger partial charge in [0.2, 0.25) is 0 Å². The van der Waals surface area contributed by atoms with E-state index >= 15 is 0 Å². The van der Waals surface area contributed by atoms with Gasteiger partial charge in [-0.3, -0.25) is 0 Å². The molecule has 0 aliphatic carbocycles. The molecule has 0 aliphatic rings. The van der Waals surface area contributed by atoms with Gasteiger partial charge in [0.15, 0.2) is 5.13 Å². The number of anilines is 2. The van der Waals surface area contributed by atoms with Crippen LogP contribution in [-0.4, -0.2) is 4.98 Å². The third-order valence-electron chi connectivity index (χ3n) is 3.82. The molecule has 0 radical (unpaired) electrons. The largest absolute Gasteiger partial charge is 0.332 e. The van der Waals surface area contributed by atoms with Crippen LogP contribution in [0.5, 0.6) is 0 Å². The predicted molar refractivity (Wildman–Crippen MR) is 98.2 cm³/mol. The normalized spacial score (nSPS) is 12.1. The highest BCUT2D eigenvalue weighted by Crippen LogP contribution is 2.22. The first-order valence-electron chi connectivity index (χ1n) is 7.88. The molecule has 0 spiro atoms. The monoisotopic (exact) mass is 341 g/mol. The minimum absolute atomic E-state index is 0.0681. The maximum absolute atomic E-state index is 13.8. The van der Waals surface area contributed by atoms with Crippen molar-refractivity contribution in [2.45, 2.75) is 26.4 Å². The third-order valence-corrected chi connectivity index (χ3v) is 4.62. The molecule has 0 amide bonds. The Kier molecular flexibility index (Phi) is 5.23. The predicted octanol–water partition coefficient (Wildman–Crippen LogP) is 5.19. The van der Waals surface area contributed by atoms with Crippen molar-refractivity contribution in [2.24, 2.45) is 0 Å². The Bertz CT molecular complexity index is 798. The molecular weight excluding hydrogens is 321 g/mol. The van der Waals surface area contributed by atoms with Gasteiger partial charge in [-0.1, -0.05) is 35.9 Å². The van der Waals surface area contributed by atoms with E-state index in [0.717, 1.165) is 16.5 Å². The third kappa shape index (κ3) is 4.19. The lowest BCUT2D eigenvalue weighted by Crippen LogP contribution is -2.19. The van der Waals surface area contributed by atoms with Gasteiger partial charge in [-0.05, 0) is 32.0 Å². The van der Waals surface area contributed by atoms with Gasteiger partial charge in [-0.2, -0.15) is 0 Å². The van der Waals surface area contributed by atoms with E-state index < -0.39 is 0 Å². The number of aryl methyl sites for hydroxylation is 1. The average molecular weight is 341 g/mol. The van der Waals surface area contributed by atoms with E-state index in [2.05, 4.69) is 34.7 Å². The van der Waals surface area contributed by atoms with Crippen LogP contribution in [0.4, 0.5) is 15.2 Å². The lowest BCUT2D eigenvalue weighted by atomic mass is 10.1. The van der Waals surface area contributed by atoms with Crippen molar-refractivity contribution in [3.8, 4) is 0 Å². The molecule has 5 heteroatoms. The Morgan fingerprint density at radius 2 is 1.88 bits per heavy atom. The minimum atomic E-state index is -0.183. The molecule has 0 unspecified atom stereocenters. The summed E-state index contributed by atoms with van der Waals surface area (Å²) in [5.41, 5.74) is 3.87. The quantitative estimate of drug-likeness (QED) is 0.648. The van der Waals surface area contributed by atoms with Gasteiger partial charge in [0.25, 0.3) is 0 Å². The lowest BCUT2D eigenvalue weighted by Gasteiger charge is -2.14. The summed E-state index contributed by atoms with van der Waals surface area (Å²) < 4.78 is 13.8. The number of halogens is 1. The fraction of sp³-hybridized carbons (Fsp3) is 0.211. The van der Waals surface area contributed by atoms with Crippen LogP contribution in [0.25, 0.3) is 0 Å². The van der Waals surface area contributed by atoms with E-state index in [1.165, 1.54) is 11.6 Å². The van der Waals surface area contributed by atoms with E-state index in [1.54, 1.807) is 23.5 Å². The molecule has 1 atom stereocenters. The molecule has 1 aromatic heterocycles. The molecule has 3 nitrogen and oxygen atoms in total. The number of hydrogen-bond donors (Lipinski definition) is 2. The van der Waals surface area contributed by atoms with Crippen molar-refractivity contribution < 1.29 is 4.39 Å². The van der Waals surface area contributed by atoms with E-state index in [1.807, 2.05) is 30.5 Å². The van der Waals surface area contributed by atoms with Gasteiger partial charge in [0, 0.05) is 29.2 Å². The van der Waals surface area contributed by atoms with Crippen LogP contribution in [0, 0.1) is 12.7 Å². The van der Waals surface area contributed by atoms with Gasteiger partial charge in [0.1, 0.15) is 5.82 Å². The topological polar surface area (TPSA) is 37.0 Å². The molecule has 0 fully saturated rings. The highest BCUT2D eigenvalue weighted by Gasteiger charge is 2.10. The van der Waals surface area contributed by atoms with Crippen molar-refractivity contribution in [3.63, 3.8) is 0 Å². The van der Waals surface area contributed by atoms with Crippen molar-refractivity contribution in [1.82, 2.24) is 10.3 Å². The SMILES string of the molecule is Cc1ccc(Nc2nc(CN[C@@H](C)c3ccccc3F)cs2)cc1. The van der Waals surface area contributed by atoms with Crippen LogP contribution >= 0.6 is 11.3 Å². The summed E-state index contributed by atoms with van der Waals surface area (Å²) in [6.07, 6.45) is 0. The summed E-state index contributed by atoms with van der Waals surface area (Å²) in [6, 6.07) is 15.0. The summed E-state index contributed by atoms with van der Waals surface area (Å²) in [5, 5.41) is 9.48. The first-order valence-corrected chi connectivity index (χ1v) is 8.75. The van der Waals surface area contributed by atoms with Gasteiger partial charge in [-0.25, -0.2) is 9.37 Å². The Labute approximate surface area is 145 Å². The molecule has 3 aromatic rings. The molecule has 1 heterocycles. The first kappa shape index (κ1) is 16.6. The van der Waals surface area contributed by atoms with Crippen LogP contribution in [-0.2, 0) is 6.54 Å². The van der Waals surface area contributed by atoms with Gasteiger partial charge in [-0.15, -0.1) is 11.3 Å². The molecule has 2 aromatic carbocycles. The van der Waals surface area contributed by atoms with Crippen molar-refractivity contribution in [1.29, 1.82) is 0 Å².